The molecule has 0 aromatic carbocycles. The molecule has 2 aliphatic rings. The van der Waals surface area contributed by atoms with E-state index in [4.69, 9.17) is 9.47 Å². The fourth-order valence-electron chi connectivity index (χ4n) is 2.12. The van der Waals surface area contributed by atoms with Crippen LogP contribution in [0, 0.1) is 11.8 Å². The first-order chi connectivity index (χ1) is 5.33. The van der Waals surface area contributed by atoms with E-state index in [1.54, 1.807) is 0 Å². The van der Waals surface area contributed by atoms with Crippen molar-refractivity contribution < 1.29 is 9.47 Å². The summed E-state index contributed by atoms with van der Waals surface area (Å²) in [5.41, 5.74) is 0. The van der Waals surface area contributed by atoms with Gasteiger partial charge in [0, 0.05) is 11.8 Å². The van der Waals surface area contributed by atoms with Crippen LogP contribution in [0.4, 0.5) is 0 Å². The summed E-state index contributed by atoms with van der Waals surface area (Å²) in [4.78, 5) is 0. The van der Waals surface area contributed by atoms with Gasteiger partial charge < -0.3 is 9.47 Å². The zero-order valence-corrected chi connectivity index (χ0v) is 7.25. The monoisotopic (exact) mass is 156 g/mol. The van der Waals surface area contributed by atoms with E-state index in [2.05, 4.69) is 13.8 Å². The van der Waals surface area contributed by atoms with E-state index in [0.717, 1.165) is 13.2 Å². The van der Waals surface area contributed by atoms with Gasteiger partial charge in [-0.1, -0.05) is 13.8 Å². The Hall–Kier alpha value is -0.0800. The summed E-state index contributed by atoms with van der Waals surface area (Å²) in [6.07, 6.45) is 2.00. The SMILES string of the molecule is CC[C@@H]1CO[C@H]2[C@@H]1OC[C@H]2C. The van der Waals surface area contributed by atoms with Crippen LogP contribution in [-0.2, 0) is 9.47 Å². The molecule has 0 saturated carbocycles. The number of rotatable bonds is 1. The van der Waals surface area contributed by atoms with E-state index >= 15 is 0 Å². The minimum atomic E-state index is 0.403. The highest BCUT2D eigenvalue weighted by Gasteiger charge is 2.44. The quantitative estimate of drug-likeness (QED) is 0.572. The van der Waals surface area contributed by atoms with Crippen LogP contribution in [0.1, 0.15) is 20.3 Å². The third-order valence-electron chi connectivity index (χ3n) is 2.93. The molecule has 0 N–H and O–H groups in total. The molecule has 0 aliphatic carbocycles. The Labute approximate surface area is 67.9 Å². The molecule has 2 rings (SSSR count). The van der Waals surface area contributed by atoms with Gasteiger partial charge in [-0.2, -0.15) is 0 Å². The van der Waals surface area contributed by atoms with Gasteiger partial charge in [0.2, 0.25) is 0 Å². The second kappa shape index (κ2) is 2.76. The predicted octanol–water partition coefficient (Wildman–Crippen LogP) is 1.45. The average molecular weight is 156 g/mol. The Balaban J connectivity index is 2.04. The molecule has 64 valence electrons. The highest BCUT2D eigenvalue weighted by Crippen LogP contribution is 2.35. The fraction of sp³-hybridized carbons (Fsp3) is 1.00. The van der Waals surface area contributed by atoms with Crippen molar-refractivity contribution in [1.29, 1.82) is 0 Å². The van der Waals surface area contributed by atoms with Gasteiger partial charge in [-0.05, 0) is 6.42 Å². The maximum absolute atomic E-state index is 5.67. The largest absolute Gasteiger partial charge is 0.375 e. The number of hydrogen-bond acceptors (Lipinski definition) is 2. The summed E-state index contributed by atoms with van der Waals surface area (Å²) < 4.78 is 11.3. The first kappa shape index (κ1) is 7.56. The Kier molecular flexibility index (Phi) is 1.90. The van der Waals surface area contributed by atoms with Gasteiger partial charge in [-0.25, -0.2) is 0 Å². The third kappa shape index (κ3) is 1.09. The molecule has 2 nitrogen and oxygen atoms in total. The summed E-state index contributed by atoms with van der Waals surface area (Å²) in [6.45, 7) is 6.23. The van der Waals surface area contributed by atoms with Crippen molar-refractivity contribution in [3.05, 3.63) is 0 Å². The standard InChI is InChI=1S/C9H16O2/c1-3-7-5-11-8-6(2)4-10-9(7)8/h6-9H,3-5H2,1-2H3/t6-,7-,8-,9-/m1/s1. The Bertz CT molecular complexity index is 146. The Morgan fingerprint density at radius 2 is 1.91 bits per heavy atom. The second-order valence-electron chi connectivity index (χ2n) is 3.74. The van der Waals surface area contributed by atoms with Crippen molar-refractivity contribution in [2.75, 3.05) is 13.2 Å². The molecule has 2 saturated heterocycles. The van der Waals surface area contributed by atoms with Gasteiger partial charge in [0.05, 0.1) is 25.4 Å². The van der Waals surface area contributed by atoms with Crippen LogP contribution in [0.15, 0.2) is 0 Å². The van der Waals surface area contributed by atoms with Gasteiger partial charge in [0.25, 0.3) is 0 Å². The predicted molar refractivity (Wildman–Crippen MR) is 42.4 cm³/mol. The molecule has 0 aromatic heterocycles. The van der Waals surface area contributed by atoms with Crippen LogP contribution in [-0.4, -0.2) is 25.4 Å². The maximum atomic E-state index is 5.67. The molecule has 2 heteroatoms. The van der Waals surface area contributed by atoms with Crippen LogP contribution >= 0.6 is 0 Å². The highest BCUT2D eigenvalue weighted by molar-refractivity contribution is 4.91. The summed E-state index contributed by atoms with van der Waals surface area (Å²) in [5, 5.41) is 0. The molecule has 0 aromatic rings. The molecule has 0 amide bonds. The first-order valence-electron chi connectivity index (χ1n) is 4.56. The molecule has 4 atom stereocenters. The topological polar surface area (TPSA) is 18.5 Å². The Morgan fingerprint density at radius 1 is 1.18 bits per heavy atom. The first-order valence-corrected chi connectivity index (χ1v) is 4.56. The fourth-order valence-corrected chi connectivity index (χ4v) is 2.12. The van der Waals surface area contributed by atoms with Crippen LogP contribution in [0.3, 0.4) is 0 Å². The summed E-state index contributed by atoms with van der Waals surface area (Å²) in [5.74, 6) is 1.27. The van der Waals surface area contributed by atoms with Gasteiger partial charge in [0.1, 0.15) is 0 Å². The van der Waals surface area contributed by atoms with Gasteiger partial charge in [-0.15, -0.1) is 0 Å². The van der Waals surface area contributed by atoms with E-state index < -0.39 is 0 Å². The van der Waals surface area contributed by atoms with E-state index in [-0.39, 0.29) is 0 Å². The molecule has 2 fully saturated rings. The molecule has 2 aliphatic heterocycles. The van der Waals surface area contributed by atoms with Crippen LogP contribution in [0.25, 0.3) is 0 Å². The normalized spacial score (nSPS) is 49.6. The maximum Gasteiger partial charge on any atom is 0.0890 e. The van der Waals surface area contributed by atoms with Crippen molar-refractivity contribution >= 4 is 0 Å². The second-order valence-corrected chi connectivity index (χ2v) is 3.74. The lowest BCUT2D eigenvalue weighted by Gasteiger charge is -2.13. The van der Waals surface area contributed by atoms with Crippen molar-refractivity contribution in [3.63, 3.8) is 0 Å². The van der Waals surface area contributed by atoms with Crippen molar-refractivity contribution in [3.8, 4) is 0 Å². The van der Waals surface area contributed by atoms with Crippen LogP contribution < -0.4 is 0 Å². The van der Waals surface area contributed by atoms with E-state index in [1.807, 2.05) is 0 Å². The highest BCUT2D eigenvalue weighted by atomic mass is 16.6. The van der Waals surface area contributed by atoms with E-state index in [1.165, 1.54) is 6.42 Å². The van der Waals surface area contributed by atoms with Crippen LogP contribution in [0.2, 0.25) is 0 Å². The zero-order chi connectivity index (χ0) is 7.84. The van der Waals surface area contributed by atoms with E-state index in [9.17, 15) is 0 Å². The lowest BCUT2D eigenvalue weighted by molar-refractivity contribution is 0.0610. The molecule has 0 radical (unpaired) electrons. The van der Waals surface area contributed by atoms with Crippen LogP contribution in [0.5, 0.6) is 0 Å². The van der Waals surface area contributed by atoms with Crippen molar-refractivity contribution in [1.82, 2.24) is 0 Å². The molecular formula is C9H16O2. The lowest BCUT2D eigenvalue weighted by atomic mass is 9.96. The van der Waals surface area contributed by atoms with Gasteiger partial charge >= 0.3 is 0 Å². The summed E-state index contributed by atoms with van der Waals surface area (Å²) >= 11 is 0. The number of hydrogen-bond donors (Lipinski definition) is 0. The number of fused-ring (bicyclic) bond motifs is 1. The number of ether oxygens (including phenoxy) is 2. The Morgan fingerprint density at radius 3 is 2.64 bits per heavy atom. The molecule has 0 bridgehead atoms. The van der Waals surface area contributed by atoms with Gasteiger partial charge in [-0.3, -0.25) is 0 Å². The minimum Gasteiger partial charge on any atom is -0.375 e. The third-order valence-corrected chi connectivity index (χ3v) is 2.93. The van der Waals surface area contributed by atoms with Gasteiger partial charge in [0.15, 0.2) is 0 Å². The molecule has 0 spiro atoms. The van der Waals surface area contributed by atoms with Crippen molar-refractivity contribution in [2.45, 2.75) is 32.5 Å². The molecule has 2 heterocycles. The lowest BCUT2D eigenvalue weighted by Crippen LogP contribution is -2.24. The minimum absolute atomic E-state index is 0.403. The molecule has 0 unspecified atom stereocenters. The van der Waals surface area contributed by atoms with E-state index in [0.29, 0.717) is 24.0 Å². The average Bonchev–Trinajstić information content (AvgIpc) is 2.53. The molecule has 11 heavy (non-hydrogen) atoms. The molecular weight excluding hydrogens is 140 g/mol. The summed E-state index contributed by atoms with van der Waals surface area (Å²) in [7, 11) is 0. The smallest absolute Gasteiger partial charge is 0.0890 e. The van der Waals surface area contributed by atoms with Crippen molar-refractivity contribution in [2.24, 2.45) is 11.8 Å². The zero-order valence-electron chi connectivity index (χ0n) is 7.25. The summed E-state index contributed by atoms with van der Waals surface area (Å²) in [6, 6.07) is 0.